The van der Waals surface area contributed by atoms with Crippen molar-refractivity contribution in [2.24, 2.45) is 11.1 Å². The molecule has 2 atom stereocenters. The standard InChI is InChI=1S/C15H31N3S/c1-14(2)7-9-19-12-15(14,11-16)18(4)10-13-6-5-8-17(13)3/h13H,5-12,16H2,1-4H3. The molecule has 0 aromatic rings. The van der Waals surface area contributed by atoms with Crippen LogP contribution < -0.4 is 5.73 Å². The van der Waals surface area contributed by atoms with E-state index in [2.05, 4.69) is 49.5 Å². The second kappa shape index (κ2) is 5.92. The maximum absolute atomic E-state index is 6.26. The first-order valence-electron chi connectivity index (χ1n) is 7.62. The quantitative estimate of drug-likeness (QED) is 0.855. The Hall–Kier alpha value is 0.230. The molecule has 2 saturated heterocycles. The molecule has 2 rings (SSSR count). The summed E-state index contributed by atoms with van der Waals surface area (Å²) in [6, 6.07) is 0.719. The Morgan fingerprint density at radius 2 is 2.16 bits per heavy atom. The Balaban J connectivity index is 2.11. The van der Waals surface area contributed by atoms with Crippen molar-refractivity contribution in [2.75, 3.05) is 45.2 Å². The number of likely N-dealkylation sites (tertiary alicyclic amines) is 1. The number of thioether (sulfide) groups is 1. The van der Waals surface area contributed by atoms with Crippen LogP contribution in [0.1, 0.15) is 33.1 Å². The van der Waals surface area contributed by atoms with Crippen molar-refractivity contribution in [2.45, 2.75) is 44.7 Å². The van der Waals surface area contributed by atoms with Crippen molar-refractivity contribution in [3.05, 3.63) is 0 Å². The summed E-state index contributed by atoms with van der Waals surface area (Å²) in [7, 11) is 4.56. The highest BCUT2D eigenvalue weighted by Gasteiger charge is 2.49. The summed E-state index contributed by atoms with van der Waals surface area (Å²) in [5, 5.41) is 0. The Bertz CT molecular complexity index is 308. The van der Waals surface area contributed by atoms with Gasteiger partial charge in [-0.2, -0.15) is 11.8 Å². The summed E-state index contributed by atoms with van der Waals surface area (Å²) in [5.74, 6) is 2.47. The van der Waals surface area contributed by atoms with Crippen LogP contribution in [0, 0.1) is 5.41 Å². The molecule has 4 heteroatoms. The van der Waals surface area contributed by atoms with Crippen LogP contribution in [0.2, 0.25) is 0 Å². The number of rotatable bonds is 4. The minimum atomic E-state index is 0.166. The summed E-state index contributed by atoms with van der Waals surface area (Å²) >= 11 is 2.08. The molecule has 0 aromatic carbocycles. The lowest BCUT2D eigenvalue weighted by molar-refractivity contribution is 0.00804. The lowest BCUT2D eigenvalue weighted by atomic mass is 9.69. The summed E-state index contributed by atoms with van der Waals surface area (Å²) in [6.45, 7) is 8.02. The van der Waals surface area contributed by atoms with Gasteiger partial charge >= 0.3 is 0 Å². The van der Waals surface area contributed by atoms with Gasteiger partial charge in [0, 0.05) is 30.4 Å². The molecule has 2 fully saturated rings. The van der Waals surface area contributed by atoms with Crippen LogP contribution in [0.15, 0.2) is 0 Å². The molecule has 2 N–H and O–H groups in total. The van der Waals surface area contributed by atoms with E-state index in [1.165, 1.54) is 37.3 Å². The highest BCUT2D eigenvalue weighted by molar-refractivity contribution is 7.99. The van der Waals surface area contributed by atoms with E-state index in [4.69, 9.17) is 5.73 Å². The van der Waals surface area contributed by atoms with Crippen LogP contribution in [0.25, 0.3) is 0 Å². The van der Waals surface area contributed by atoms with Gasteiger partial charge in [-0.25, -0.2) is 0 Å². The van der Waals surface area contributed by atoms with Crippen LogP contribution in [0.3, 0.4) is 0 Å². The molecule has 0 spiro atoms. The smallest absolute Gasteiger partial charge is 0.0470 e. The van der Waals surface area contributed by atoms with E-state index in [0.717, 1.165) is 19.1 Å². The lowest BCUT2D eigenvalue weighted by Crippen LogP contribution is -2.66. The Morgan fingerprint density at radius 3 is 2.68 bits per heavy atom. The van der Waals surface area contributed by atoms with Crippen molar-refractivity contribution in [3.63, 3.8) is 0 Å². The first-order chi connectivity index (χ1) is 8.93. The van der Waals surface area contributed by atoms with Gasteiger partial charge in [-0.1, -0.05) is 13.8 Å². The van der Waals surface area contributed by atoms with E-state index < -0.39 is 0 Å². The van der Waals surface area contributed by atoms with Crippen molar-refractivity contribution >= 4 is 11.8 Å². The fourth-order valence-electron chi connectivity index (χ4n) is 3.82. The molecule has 2 heterocycles. The normalized spacial score (nSPS) is 36.0. The predicted molar refractivity (Wildman–Crippen MR) is 85.8 cm³/mol. The van der Waals surface area contributed by atoms with Crippen molar-refractivity contribution in [3.8, 4) is 0 Å². The molecular weight excluding hydrogens is 254 g/mol. The summed E-state index contributed by atoms with van der Waals surface area (Å²) < 4.78 is 0. The minimum Gasteiger partial charge on any atom is -0.329 e. The second-order valence-corrected chi connectivity index (χ2v) is 8.18. The maximum Gasteiger partial charge on any atom is 0.0470 e. The molecule has 3 nitrogen and oxygen atoms in total. The third-order valence-electron chi connectivity index (χ3n) is 5.70. The molecule has 2 unspecified atom stereocenters. The van der Waals surface area contributed by atoms with Gasteiger partial charge in [0.05, 0.1) is 0 Å². The number of nitrogens with zero attached hydrogens (tertiary/aromatic N) is 2. The molecule has 0 aromatic heterocycles. The van der Waals surface area contributed by atoms with Gasteiger partial charge in [0.1, 0.15) is 0 Å². The Labute approximate surface area is 123 Å². The van der Waals surface area contributed by atoms with Crippen molar-refractivity contribution in [1.82, 2.24) is 9.80 Å². The van der Waals surface area contributed by atoms with E-state index in [0.29, 0.717) is 5.41 Å². The molecule has 2 aliphatic heterocycles. The van der Waals surface area contributed by atoms with Crippen LogP contribution in [-0.4, -0.2) is 66.6 Å². The van der Waals surface area contributed by atoms with Gasteiger partial charge in [-0.3, -0.25) is 4.90 Å². The average molecular weight is 286 g/mol. The lowest BCUT2D eigenvalue weighted by Gasteiger charge is -2.55. The SMILES string of the molecule is CN1CCCC1CN(C)C1(CN)CSCCC1(C)C. The largest absolute Gasteiger partial charge is 0.329 e. The van der Waals surface area contributed by atoms with Gasteiger partial charge in [0.25, 0.3) is 0 Å². The van der Waals surface area contributed by atoms with Gasteiger partial charge in [0.2, 0.25) is 0 Å². The molecule has 0 bridgehead atoms. The van der Waals surface area contributed by atoms with Crippen molar-refractivity contribution in [1.29, 1.82) is 0 Å². The first kappa shape index (κ1) is 15.6. The molecule has 0 amide bonds. The fourth-order valence-corrected chi connectivity index (χ4v) is 5.68. The zero-order valence-electron chi connectivity index (χ0n) is 13.1. The molecule has 19 heavy (non-hydrogen) atoms. The maximum atomic E-state index is 6.26. The van der Waals surface area contributed by atoms with Gasteiger partial charge in [0.15, 0.2) is 0 Å². The van der Waals surface area contributed by atoms with Crippen LogP contribution >= 0.6 is 11.8 Å². The van der Waals surface area contributed by atoms with E-state index in [1.54, 1.807) is 0 Å². The summed E-state index contributed by atoms with van der Waals surface area (Å²) in [6.07, 6.45) is 3.97. The molecule has 0 aliphatic carbocycles. The molecule has 112 valence electrons. The third-order valence-corrected chi connectivity index (χ3v) is 6.87. The minimum absolute atomic E-state index is 0.166. The Kier molecular flexibility index (Phi) is 4.87. The first-order valence-corrected chi connectivity index (χ1v) is 8.78. The van der Waals surface area contributed by atoms with Crippen LogP contribution in [0.4, 0.5) is 0 Å². The van der Waals surface area contributed by atoms with Gasteiger partial charge in [-0.05, 0) is 51.1 Å². The number of likely N-dealkylation sites (N-methyl/N-ethyl adjacent to an activating group) is 2. The van der Waals surface area contributed by atoms with E-state index in [9.17, 15) is 0 Å². The third kappa shape index (κ3) is 2.82. The fraction of sp³-hybridized carbons (Fsp3) is 1.00. The van der Waals surface area contributed by atoms with Gasteiger partial charge < -0.3 is 10.6 Å². The molecule has 0 saturated carbocycles. The highest BCUT2D eigenvalue weighted by Crippen LogP contribution is 2.45. The van der Waals surface area contributed by atoms with E-state index in [-0.39, 0.29) is 5.54 Å². The zero-order valence-corrected chi connectivity index (χ0v) is 13.9. The number of nitrogens with two attached hydrogens (primary N) is 1. The van der Waals surface area contributed by atoms with E-state index >= 15 is 0 Å². The molecular formula is C15H31N3S. The number of hydrogen-bond acceptors (Lipinski definition) is 4. The zero-order chi connectivity index (χ0) is 14.1. The molecule has 0 radical (unpaired) electrons. The van der Waals surface area contributed by atoms with Gasteiger partial charge in [-0.15, -0.1) is 0 Å². The Morgan fingerprint density at radius 1 is 1.42 bits per heavy atom. The monoisotopic (exact) mass is 285 g/mol. The average Bonchev–Trinajstić information content (AvgIpc) is 2.75. The highest BCUT2D eigenvalue weighted by atomic mass is 32.2. The predicted octanol–water partition coefficient (Wildman–Crippen LogP) is 1.87. The summed E-state index contributed by atoms with van der Waals surface area (Å²) in [4.78, 5) is 5.11. The van der Waals surface area contributed by atoms with Crippen LogP contribution in [0.5, 0.6) is 0 Å². The molecule has 2 aliphatic rings. The van der Waals surface area contributed by atoms with Crippen LogP contribution in [-0.2, 0) is 0 Å². The van der Waals surface area contributed by atoms with E-state index in [1.807, 2.05) is 0 Å². The second-order valence-electron chi connectivity index (χ2n) is 7.08. The summed E-state index contributed by atoms with van der Waals surface area (Å²) in [5.41, 5.74) is 6.74. The number of hydrogen-bond donors (Lipinski definition) is 1. The van der Waals surface area contributed by atoms with Crippen molar-refractivity contribution < 1.29 is 0 Å². The topological polar surface area (TPSA) is 32.5 Å².